The predicted octanol–water partition coefficient (Wildman–Crippen LogP) is 4.28. The Balaban J connectivity index is -0.000000515. The summed E-state index contributed by atoms with van der Waals surface area (Å²) < 4.78 is 5.59. The molecule has 4 N–H and O–H groups in total. The molecule has 2 atom stereocenters. The third-order valence-electron chi connectivity index (χ3n) is 5.13. The van der Waals surface area contributed by atoms with Gasteiger partial charge in [-0.3, -0.25) is 14.9 Å². The van der Waals surface area contributed by atoms with Gasteiger partial charge < -0.3 is 20.5 Å². The van der Waals surface area contributed by atoms with Crippen molar-refractivity contribution < 1.29 is 19.4 Å². The van der Waals surface area contributed by atoms with Crippen LogP contribution in [-0.2, 0) is 14.3 Å². The van der Waals surface area contributed by atoms with Crippen LogP contribution in [-0.4, -0.2) is 61.4 Å². The Morgan fingerprint density at radius 3 is 2.09 bits per heavy atom. The van der Waals surface area contributed by atoms with Crippen molar-refractivity contribution >= 4 is 12.2 Å². The molecule has 0 heterocycles. The van der Waals surface area contributed by atoms with Crippen LogP contribution < -0.4 is 16.0 Å². The molecule has 33 heavy (non-hydrogen) atoms. The minimum atomic E-state index is -0.720. The zero-order valence-corrected chi connectivity index (χ0v) is 23.7. The molecule has 0 saturated carbocycles. The molecule has 0 aliphatic carbocycles. The van der Waals surface area contributed by atoms with Crippen molar-refractivity contribution in [3.05, 3.63) is 0 Å². The van der Waals surface area contributed by atoms with Gasteiger partial charge >= 0.3 is 0 Å². The SMILES string of the molecule is CC.CCC(=O)CC(C)COCC(C)(C)CNC=O.CCNC(C)(C)CCNC(C)(O)CC. The standard InChI is InChI=1S/C13H25NO3.C11H26N2O.C2H6/c1-5-12(16)6-11(2)7-17-9-13(3,4)8-14-10-15;1-6-11(5,14)13-9-8-10(3,4)12-7-2;1-2/h10-11H,5-9H2,1-4H3,(H,14,15);12-14H,6-9H2,1-5H3;1-2H3. The van der Waals surface area contributed by atoms with Crippen LogP contribution in [0.3, 0.4) is 0 Å². The van der Waals surface area contributed by atoms with Crippen molar-refractivity contribution in [2.24, 2.45) is 11.3 Å². The number of ketones is 1. The van der Waals surface area contributed by atoms with Crippen molar-refractivity contribution in [1.29, 1.82) is 0 Å². The van der Waals surface area contributed by atoms with Crippen LogP contribution in [0.4, 0.5) is 0 Å². The minimum absolute atomic E-state index is 0.0740. The highest BCUT2D eigenvalue weighted by Crippen LogP contribution is 2.15. The first-order valence-electron chi connectivity index (χ1n) is 12.7. The number of hydrogen-bond acceptors (Lipinski definition) is 6. The van der Waals surface area contributed by atoms with Crippen LogP contribution in [0.1, 0.15) is 102 Å². The second-order valence-electron chi connectivity index (χ2n) is 10.1. The Bertz CT molecular complexity index is 480. The first-order chi connectivity index (χ1) is 15.2. The first-order valence-corrected chi connectivity index (χ1v) is 12.7. The summed E-state index contributed by atoms with van der Waals surface area (Å²) >= 11 is 0. The topological polar surface area (TPSA) is 99.7 Å². The summed E-state index contributed by atoms with van der Waals surface area (Å²) in [5, 5.41) is 18.9. The third-order valence-corrected chi connectivity index (χ3v) is 5.13. The normalized spacial score (nSPS) is 14.1. The predicted molar refractivity (Wildman–Crippen MR) is 140 cm³/mol. The lowest BCUT2D eigenvalue weighted by Gasteiger charge is -2.29. The largest absolute Gasteiger partial charge is 0.381 e. The number of ether oxygens (including phenoxy) is 1. The van der Waals surface area contributed by atoms with E-state index in [2.05, 4.69) is 36.7 Å². The Morgan fingerprint density at radius 1 is 1.06 bits per heavy atom. The van der Waals surface area contributed by atoms with Crippen LogP contribution in [0.25, 0.3) is 0 Å². The van der Waals surface area contributed by atoms with Crippen LogP contribution in [0, 0.1) is 11.3 Å². The van der Waals surface area contributed by atoms with Crippen LogP contribution in [0.15, 0.2) is 0 Å². The van der Waals surface area contributed by atoms with E-state index in [0.717, 1.165) is 25.9 Å². The van der Waals surface area contributed by atoms with E-state index in [-0.39, 0.29) is 22.7 Å². The van der Waals surface area contributed by atoms with E-state index in [4.69, 9.17) is 4.74 Å². The van der Waals surface area contributed by atoms with Gasteiger partial charge in [0.25, 0.3) is 0 Å². The maximum atomic E-state index is 11.2. The monoisotopic (exact) mass is 475 g/mol. The van der Waals surface area contributed by atoms with Gasteiger partial charge in [-0.2, -0.15) is 0 Å². The number of carbonyl (C=O) groups excluding carboxylic acids is 2. The summed E-state index contributed by atoms with van der Waals surface area (Å²) in [7, 11) is 0. The number of hydrogen-bond donors (Lipinski definition) is 4. The molecule has 0 aromatic heterocycles. The number of amides is 1. The van der Waals surface area contributed by atoms with Gasteiger partial charge in [-0.1, -0.05) is 55.4 Å². The average molecular weight is 476 g/mol. The van der Waals surface area contributed by atoms with Crippen molar-refractivity contribution in [2.75, 3.05) is 32.8 Å². The summed E-state index contributed by atoms with van der Waals surface area (Å²) in [6.07, 6.45) is 3.62. The maximum Gasteiger partial charge on any atom is 0.207 e. The minimum Gasteiger partial charge on any atom is -0.381 e. The average Bonchev–Trinajstić information content (AvgIpc) is 2.73. The van der Waals surface area contributed by atoms with Gasteiger partial charge in [0.1, 0.15) is 11.5 Å². The quantitative estimate of drug-likeness (QED) is 0.185. The van der Waals surface area contributed by atoms with E-state index in [1.54, 1.807) is 0 Å². The Labute approximate surface area is 205 Å². The summed E-state index contributed by atoms with van der Waals surface area (Å²) in [5.74, 6) is 0.542. The smallest absolute Gasteiger partial charge is 0.207 e. The number of aliphatic hydroxyl groups is 1. The molecule has 0 spiro atoms. The summed E-state index contributed by atoms with van der Waals surface area (Å²) in [6, 6.07) is 0. The molecular formula is C26H57N3O4. The van der Waals surface area contributed by atoms with E-state index in [0.29, 0.717) is 39.0 Å². The molecule has 7 heteroatoms. The van der Waals surface area contributed by atoms with Crippen LogP contribution in [0.2, 0.25) is 0 Å². The van der Waals surface area contributed by atoms with E-state index in [9.17, 15) is 14.7 Å². The van der Waals surface area contributed by atoms with Gasteiger partial charge in [-0.15, -0.1) is 0 Å². The van der Waals surface area contributed by atoms with Gasteiger partial charge in [0.05, 0.1) is 6.61 Å². The van der Waals surface area contributed by atoms with Gasteiger partial charge in [-0.25, -0.2) is 0 Å². The maximum absolute atomic E-state index is 11.2. The molecule has 0 aromatic rings. The lowest BCUT2D eigenvalue weighted by atomic mass is 9.95. The molecule has 0 aromatic carbocycles. The van der Waals surface area contributed by atoms with Gasteiger partial charge in [0, 0.05) is 36.9 Å². The number of nitrogens with one attached hydrogen (secondary N) is 3. The fraction of sp³-hybridized carbons (Fsp3) is 0.923. The van der Waals surface area contributed by atoms with E-state index in [1.807, 2.05) is 55.4 Å². The van der Waals surface area contributed by atoms with Crippen LogP contribution >= 0.6 is 0 Å². The third kappa shape index (κ3) is 25.4. The van der Waals surface area contributed by atoms with Crippen molar-refractivity contribution in [3.8, 4) is 0 Å². The molecule has 0 saturated heterocycles. The van der Waals surface area contributed by atoms with E-state index in [1.165, 1.54) is 0 Å². The molecule has 0 fully saturated rings. The molecule has 7 nitrogen and oxygen atoms in total. The zero-order valence-electron chi connectivity index (χ0n) is 23.7. The zero-order chi connectivity index (χ0) is 26.6. The van der Waals surface area contributed by atoms with Crippen molar-refractivity contribution in [3.63, 3.8) is 0 Å². The molecule has 0 rings (SSSR count). The van der Waals surface area contributed by atoms with E-state index >= 15 is 0 Å². The Kier molecular flexibility index (Phi) is 22.5. The molecule has 0 aliphatic heterocycles. The molecule has 200 valence electrons. The molecule has 2 unspecified atom stereocenters. The second kappa shape index (κ2) is 20.4. The highest BCUT2D eigenvalue weighted by Gasteiger charge is 2.20. The highest BCUT2D eigenvalue weighted by atomic mass is 16.5. The Morgan fingerprint density at radius 2 is 1.64 bits per heavy atom. The van der Waals surface area contributed by atoms with E-state index < -0.39 is 5.72 Å². The fourth-order valence-corrected chi connectivity index (χ4v) is 2.83. The molecule has 0 aliphatic rings. The summed E-state index contributed by atoms with van der Waals surface area (Å²) in [6.45, 7) is 25.8. The fourth-order valence-electron chi connectivity index (χ4n) is 2.83. The first kappa shape index (κ1) is 36.5. The molecular weight excluding hydrogens is 418 g/mol. The van der Waals surface area contributed by atoms with Crippen molar-refractivity contribution in [2.45, 2.75) is 113 Å². The molecule has 1 amide bonds. The molecule has 0 radical (unpaired) electrons. The molecule has 0 bridgehead atoms. The van der Waals surface area contributed by atoms with Gasteiger partial charge in [0.15, 0.2) is 0 Å². The Hall–Kier alpha value is -1.02. The van der Waals surface area contributed by atoms with Crippen LogP contribution in [0.5, 0.6) is 0 Å². The lowest BCUT2D eigenvalue weighted by molar-refractivity contribution is -0.120. The summed E-state index contributed by atoms with van der Waals surface area (Å²) in [5.41, 5.74) is -0.650. The lowest BCUT2D eigenvalue weighted by Crippen LogP contribution is -2.46. The highest BCUT2D eigenvalue weighted by molar-refractivity contribution is 5.78. The second-order valence-corrected chi connectivity index (χ2v) is 10.1. The van der Waals surface area contributed by atoms with Crippen molar-refractivity contribution in [1.82, 2.24) is 16.0 Å². The van der Waals surface area contributed by atoms with Gasteiger partial charge in [0.2, 0.25) is 6.41 Å². The van der Waals surface area contributed by atoms with Gasteiger partial charge in [-0.05, 0) is 52.6 Å². The summed E-state index contributed by atoms with van der Waals surface area (Å²) in [4.78, 5) is 21.4. The number of carbonyl (C=O) groups is 2. The number of Topliss-reactive ketones (excluding diaryl/α,β-unsaturated/α-hetero) is 1. The number of rotatable bonds is 17.